The first-order chi connectivity index (χ1) is 9.36. The average molecular weight is 283 g/mol. The highest BCUT2D eigenvalue weighted by molar-refractivity contribution is 5.90. The smallest absolute Gasteiger partial charge is 0.322 e. The fourth-order valence-corrected chi connectivity index (χ4v) is 1.91. The molecule has 1 rings (SSSR count). The van der Waals surface area contributed by atoms with Crippen molar-refractivity contribution in [3.8, 4) is 0 Å². The van der Waals surface area contributed by atoms with E-state index in [9.17, 15) is 4.79 Å². The van der Waals surface area contributed by atoms with Gasteiger partial charge in [0.25, 0.3) is 0 Å². The lowest BCUT2D eigenvalue weighted by Crippen LogP contribution is -2.42. The van der Waals surface area contributed by atoms with Crippen molar-refractivity contribution in [3.63, 3.8) is 0 Å². The second kappa shape index (κ2) is 7.35. The molecule has 0 unspecified atom stereocenters. The van der Waals surface area contributed by atoms with Crippen LogP contribution >= 0.6 is 0 Å². The van der Waals surface area contributed by atoms with Crippen LogP contribution in [0.2, 0.25) is 0 Å². The van der Waals surface area contributed by atoms with Gasteiger partial charge in [-0.2, -0.15) is 0 Å². The van der Waals surface area contributed by atoms with Crippen molar-refractivity contribution < 1.29 is 9.21 Å². The molecule has 114 valence electrons. The Labute approximate surface area is 119 Å². The quantitative estimate of drug-likeness (QED) is 0.739. The summed E-state index contributed by atoms with van der Waals surface area (Å²) in [4.78, 5) is 14.1. The first-order valence-corrected chi connectivity index (χ1v) is 6.88. The first-order valence-electron chi connectivity index (χ1n) is 6.88. The summed E-state index contributed by atoms with van der Waals surface area (Å²) < 4.78 is 5.13. The molecule has 0 bridgehead atoms. The van der Waals surface area contributed by atoms with Gasteiger partial charge < -0.3 is 10.2 Å². The van der Waals surface area contributed by atoms with Crippen molar-refractivity contribution in [2.24, 2.45) is 11.1 Å². The highest BCUT2D eigenvalue weighted by Crippen LogP contribution is 2.15. The van der Waals surface area contributed by atoms with E-state index in [4.69, 9.17) is 10.2 Å². The molecule has 0 spiro atoms. The normalized spacial score (nSPS) is 11.9. The molecule has 3 N–H and O–H groups in total. The zero-order valence-corrected chi connectivity index (χ0v) is 12.8. The van der Waals surface area contributed by atoms with Crippen LogP contribution in [-0.2, 0) is 4.79 Å². The summed E-state index contributed by atoms with van der Waals surface area (Å²) in [5.74, 6) is 0.268. The van der Waals surface area contributed by atoms with Crippen molar-refractivity contribution in [1.29, 1.82) is 0 Å². The fraction of sp³-hybridized carbons (Fsp3) is 0.769. The Bertz CT molecular complexity index is 430. The third-order valence-corrected chi connectivity index (χ3v) is 2.88. The molecular formula is C13H25N5O2. The number of anilines is 1. The Morgan fingerprint density at radius 2 is 2.15 bits per heavy atom. The van der Waals surface area contributed by atoms with Gasteiger partial charge in [-0.05, 0) is 24.9 Å². The van der Waals surface area contributed by atoms with Crippen molar-refractivity contribution >= 4 is 11.9 Å². The van der Waals surface area contributed by atoms with Gasteiger partial charge >= 0.3 is 6.01 Å². The maximum absolute atomic E-state index is 12.0. The maximum Gasteiger partial charge on any atom is 0.322 e. The minimum Gasteiger partial charge on any atom is -0.408 e. The molecule has 1 amide bonds. The number of hydrogen-bond donors (Lipinski definition) is 2. The maximum atomic E-state index is 12.0. The molecule has 0 aromatic carbocycles. The number of nitrogens with zero attached hydrogens (tertiary/aromatic N) is 3. The molecule has 1 aromatic heterocycles. The van der Waals surface area contributed by atoms with Gasteiger partial charge in [-0.3, -0.25) is 15.0 Å². The Hall–Kier alpha value is -1.47. The van der Waals surface area contributed by atoms with E-state index in [-0.39, 0.29) is 17.3 Å². The van der Waals surface area contributed by atoms with Gasteiger partial charge in [0.1, 0.15) is 0 Å². The molecule has 0 aliphatic carbocycles. The number of aryl methyl sites for hydroxylation is 1. The number of hydrogen-bond acceptors (Lipinski definition) is 6. The highest BCUT2D eigenvalue weighted by atomic mass is 16.4. The topological polar surface area (TPSA) is 97.3 Å². The molecule has 1 aromatic rings. The molecule has 7 heteroatoms. The molecule has 0 radical (unpaired) electrons. The molecule has 20 heavy (non-hydrogen) atoms. The van der Waals surface area contributed by atoms with Crippen LogP contribution in [0.3, 0.4) is 0 Å². The molecule has 0 atom stereocenters. The van der Waals surface area contributed by atoms with Gasteiger partial charge in [0.2, 0.25) is 11.8 Å². The van der Waals surface area contributed by atoms with Crippen molar-refractivity contribution in [3.05, 3.63) is 5.89 Å². The molecular weight excluding hydrogens is 258 g/mol. The number of carbonyl (C=O) groups excluding carboxylic acids is 1. The van der Waals surface area contributed by atoms with E-state index >= 15 is 0 Å². The van der Waals surface area contributed by atoms with E-state index in [0.29, 0.717) is 19.0 Å². The predicted octanol–water partition coefficient (Wildman–Crippen LogP) is 1.01. The lowest BCUT2D eigenvalue weighted by molar-refractivity contribution is -0.117. The van der Waals surface area contributed by atoms with E-state index in [2.05, 4.69) is 41.2 Å². The van der Waals surface area contributed by atoms with Gasteiger partial charge in [-0.25, -0.2) is 0 Å². The second-order valence-electron chi connectivity index (χ2n) is 5.75. The molecule has 0 aliphatic rings. The molecule has 0 saturated heterocycles. The van der Waals surface area contributed by atoms with E-state index in [1.807, 2.05) is 0 Å². The van der Waals surface area contributed by atoms with Crippen LogP contribution in [0, 0.1) is 12.3 Å². The van der Waals surface area contributed by atoms with Crippen LogP contribution in [0.5, 0.6) is 0 Å². The number of carbonyl (C=O) groups is 1. The first kappa shape index (κ1) is 16.6. The summed E-state index contributed by atoms with van der Waals surface area (Å²) in [6.07, 6.45) is 0.980. The van der Waals surface area contributed by atoms with Crippen molar-refractivity contribution in [2.45, 2.75) is 34.1 Å². The Balaban J connectivity index is 2.54. The number of nitrogens with one attached hydrogen (secondary N) is 1. The van der Waals surface area contributed by atoms with Gasteiger partial charge in [-0.15, -0.1) is 5.10 Å². The van der Waals surface area contributed by atoms with Crippen LogP contribution in [0.4, 0.5) is 6.01 Å². The zero-order chi connectivity index (χ0) is 15.2. The van der Waals surface area contributed by atoms with Crippen LogP contribution in [0.15, 0.2) is 4.42 Å². The van der Waals surface area contributed by atoms with Crippen LogP contribution in [0.25, 0.3) is 0 Å². The molecule has 0 saturated carbocycles. The molecule has 0 fully saturated rings. The van der Waals surface area contributed by atoms with E-state index in [1.165, 1.54) is 0 Å². The van der Waals surface area contributed by atoms with Crippen molar-refractivity contribution in [2.75, 3.05) is 31.5 Å². The summed E-state index contributed by atoms with van der Waals surface area (Å²) in [6.45, 7) is 10.4. The molecule has 7 nitrogen and oxygen atoms in total. The standard InChI is InChI=1S/C13H25N5O2/c1-5-6-18(9-13(3,4)8-14)7-11(19)15-12-17-16-10(2)20-12/h5-9,14H2,1-4H3,(H,15,17,19). The number of amides is 1. The lowest BCUT2D eigenvalue weighted by Gasteiger charge is -2.31. The summed E-state index contributed by atoms with van der Waals surface area (Å²) in [5.41, 5.74) is 5.73. The molecule has 0 aliphatic heterocycles. The summed E-state index contributed by atoms with van der Waals surface area (Å²) >= 11 is 0. The highest BCUT2D eigenvalue weighted by Gasteiger charge is 2.21. The van der Waals surface area contributed by atoms with Crippen molar-refractivity contribution in [1.82, 2.24) is 15.1 Å². The summed E-state index contributed by atoms with van der Waals surface area (Å²) in [5, 5.41) is 10.0. The van der Waals surface area contributed by atoms with E-state index < -0.39 is 0 Å². The van der Waals surface area contributed by atoms with E-state index in [1.54, 1.807) is 6.92 Å². The molecule has 1 heterocycles. The Kier molecular flexibility index (Phi) is 6.09. The average Bonchev–Trinajstić information content (AvgIpc) is 2.74. The van der Waals surface area contributed by atoms with Gasteiger partial charge in [0, 0.05) is 13.5 Å². The van der Waals surface area contributed by atoms with Crippen LogP contribution in [0.1, 0.15) is 33.1 Å². The largest absolute Gasteiger partial charge is 0.408 e. The third-order valence-electron chi connectivity index (χ3n) is 2.88. The summed E-state index contributed by atoms with van der Waals surface area (Å²) in [6, 6.07) is 0.141. The fourth-order valence-electron chi connectivity index (χ4n) is 1.91. The van der Waals surface area contributed by atoms with Gasteiger partial charge in [-0.1, -0.05) is 25.9 Å². The Morgan fingerprint density at radius 3 is 2.65 bits per heavy atom. The number of rotatable bonds is 8. The predicted molar refractivity (Wildman–Crippen MR) is 77.2 cm³/mol. The monoisotopic (exact) mass is 283 g/mol. The number of aromatic nitrogens is 2. The van der Waals surface area contributed by atoms with Crippen LogP contribution < -0.4 is 11.1 Å². The van der Waals surface area contributed by atoms with Crippen LogP contribution in [-0.4, -0.2) is 47.2 Å². The summed E-state index contributed by atoms with van der Waals surface area (Å²) in [7, 11) is 0. The minimum absolute atomic E-state index is 0.0173. The SMILES string of the molecule is CCCN(CC(=O)Nc1nnc(C)o1)CC(C)(C)CN. The van der Waals surface area contributed by atoms with Gasteiger partial charge in [0.15, 0.2) is 0 Å². The Morgan fingerprint density at radius 1 is 1.45 bits per heavy atom. The second-order valence-corrected chi connectivity index (χ2v) is 5.75. The zero-order valence-electron chi connectivity index (χ0n) is 12.8. The lowest BCUT2D eigenvalue weighted by atomic mass is 9.93. The van der Waals surface area contributed by atoms with E-state index in [0.717, 1.165) is 19.5 Å². The van der Waals surface area contributed by atoms with Gasteiger partial charge in [0.05, 0.1) is 6.54 Å². The number of nitrogens with two attached hydrogens (primary N) is 1. The minimum atomic E-state index is -0.157. The third kappa shape index (κ3) is 5.66.